The molecule has 4 heteroatoms. The van der Waals surface area contributed by atoms with E-state index in [-0.39, 0.29) is 17.9 Å². The van der Waals surface area contributed by atoms with E-state index >= 15 is 0 Å². The summed E-state index contributed by atoms with van der Waals surface area (Å²) in [5.41, 5.74) is 5.59. The number of benzene rings is 3. The topological polar surface area (TPSA) is 38.8 Å². The Labute approximate surface area is 177 Å². The van der Waals surface area contributed by atoms with Crippen molar-refractivity contribution < 1.29 is 14.3 Å². The van der Waals surface area contributed by atoms with Crippen LogP contribution in [0.15, 0.2) is 66.7 Å². The molecular formula is C26H25NO3. The van der Waals surface area contributed by atoms with Crippen LogP contribution in [0.3, 0.4) is 0 Å². The molecule has 0 N–H and O–H groups in total. The van der Waals surface area contributed by atoms with Crippen molar-refractivity contribution in [2.45, 2.75) is 31.3 Å². The first-order valence-electron chi connectivity index (χ1n) is 10.4. The van der Waals surface area contributed by atoms with Gasteiger partial charge in [0.1, 0.15) is 0 Å². The van der Waals surface area contributed by atoms with Gasteiger partial charge in [0, 0.05) is 24.1 Å². The van der Waals surface area contributed by atoms with Crippen molar-refractivity contribution in [2.75, 3.05) is 14.2 Å². The monoisotopic (exact) mass is 399 g/mol. The van der Waals surface area contributed by atoms with E-state index in [1.807, 2.05) is 36.4 Å². The number of nitrogens with zero attached hydrogens (tertiary/aromatic N) is 1. The van der Waals surface area contributed by atoms with E-state index in [0.29, 0.717) is 6.54 Å². The second-order valence-electron chi connectivity index (χ2n) is 8.00. The van der Waals surface area contributed by atoms with Gasteiger partial charge >= 0.3 is 0 Å². The lowest BCUT2D eigenvalue weighted by molar-refractivity contribution is 0.0586. The van der Waals surface area contributed by atoms with Gasteiger partial charge in [0.15, 0.2) is 11.5 Å². The molecule has 4 nitrogen and oxygen atoms in total. The van der Waals surface area contributed by atoms with E-state index < -0.39 is 0 Å². The molecule has 0 spiro atoms. The summed E-state index contributed by atoms with van der Waals surface area (Å²) < 4.78 is 11.1. The summed E-state index contributed by atoms with van der Waals surface area (Å²) in [6, 6.07) is 22.6. The van der Waals surface area contributed by atoms with E-state index in [9.17, 15) is 4.79 Å². The molecule has 1 aliphatic heterocycles. The summed E-state index contributed by atoms with van der Waals surface area (Å²) in [6.07, 6.45) is 1.84. The second-order valence-corrected chi connectivity index (χ2v) is 8.00. The van der Waals surface area contributed by atoms with Gasteiger partial charge in [-0.3, -0.25) is 4.79 Å². The van der Waals surface area contributed by atoms with Gasteiger partial charge in [-0.1, -0.05) is 48.5 Å². The van der Waals surface area contributed by atoms with E-state index in [2.05, 4.69) is 35.2 Å². The Morgan fingerprint density at radius 3 is 2.37 bits per heavy atom. The average molecular weight is 399 g/mol. The summed E-state index contributed by atoms with van der Waals surface area (Å²) in [6.45, 7) is 0.623. The van der Waals surface area contributed by atoms with Crippen molar-refractivity contribution in [2.24, 2.45) is 0 Å². The summed E-state index contributed by atoms with van der Waals surface area (Å²) in [5, 5.41) is 0. The smallest absolute Gasteiger partial charge is 0.254 e. The van der Waals surface area contributed by atoms with Crippen molar-refractivity contribution in [3.63, 3.8) is 0 Å². The highest BCUT2D eigenvalue weighted by molar-refractivity contribution is 5.98. The predicted octanol–water partition coefficient (Wildman–Crippen LogP) is 4.81. The molecule has 3 aromatic carbocycles. The molecule has 0 unspecified atom stereocenters. The summed E-state index contributed by atoms with van der Waals surface area (Å²) in [4.78, 5) is 15.6. The van der Waals surface area contributed by atoms with Gasteiger partial charge in [-0.25, -0.2) is 0 Å². The molecule has 0 saturated carbocycles. The molecular weight excluding hydrogens is 374 g/mol. The number of aryl methyl sites for hydroxylation is 1. The minimum atomic E-state index is 0.123. The SMILES string of the molecule is COc1cc2c(cc1OC)[C@@H]1c3ccccc3C(=O)N(Cc3ccccc3)[C@H]1CC2. The molecule has 0 radical (unpaired) electrons. The lowest BCUT2D eigenvalue weighted by Crippen LogP contribution is -2.49. The average Bonchev–Trinajstić information content (AvgIpc) is 2.80. The Hall–Kier alpha value is -3.27. The third-order valence-electron chi connectivity index (χ3n) is 6.46. The number of carbonyl (C=O) groups excluding carboxylic acids is 1. The second kappa shape index (κ2) is 7.52. The third-order valence-corrected chi connectivity index (χ3v) is 6.46. The van der Waals surface area contributed by atoms with Crippen LogP contribution in [0.1, 0.15) is 45.0 Å². The normalized spacial score (nSPS) is 19.5. The van der Waals surface area contributed by atoms with Gasteiger partial charge in [0.2, 0.25) is 0 Å². The third kappa shape index (κ3) is 2.95. The van der Waals surface area contributed by atoms with Crippen LogP contribution in [0.25, 0.3) is 0 Å². The number of methoxy groups -OCH3 is 2. The molecule has 0 aromatic heterocycles. The molecule has 1 aliphatic carbocycles. The number of rotatable bonds is 4. The summed E-state index contributed by atoms with van der Waals surface area (Å²) >= 11 is 0. The Kier molecular flexibility index (Phi) is 4.70. The highest BCUT2D eigenvalue weighted by Gasteiger charge is 2.43. The molecule has 30 heavy (non-hydrogen) atoms. The maximum atomic E-state index is 13.5. The molecule has 0 fully saturated rings. The Bertz CT molecular complexity index is 1090. The van der Waals surface area contributed by atoms with Crippen molar-refractivity contribution in [1.82, 2.24) is 4.90 Å². The highest BCUT2D eigenvalue weighted by Crippen LogP contribution is 2.47. The first kappa shape index (κ1) is 18.7. The number of ether oxygens (including phenoxy) is 2. The number of fused-ring (bicyclic) bond motifs is 5. The molecule has 2 aliphatic rings. The van der Waals surface area contributed by atoms with Gasteiger partial charge in [-0.05, 0) is 53.3 Å². The standard InChI is InChI=1S/C26H25NO3/c1-29-23-14-18-12-13-22-25(21(18)15-24(23)30-2)19-10-6-7-11-20(19)26(28)27(22)16-17-8-4-3-5-9-17/h3-11,14-15,22,25H,12-13,16H2,1-2H3/t22-,25-/m0/s1. The van der Waals surface area contributed by atoms with Gasteiger partial charge in [-0.2, -0.15) is 0 Å². The first-order valence-corrected chi connectivity index (χ1v) is 10.4. The fourth-order valence-electron chi connectivity index (χ4n) is 5.07. The lowest BCUT2D eigenvalue weighted by Gasteiger charge is -2.45. The van der Waals surface area contributed by atoms with Crippen LogP contribution < -0.4 is 9.47 Å². The largest absolute Gasteiger partial charge is 0.493 e. The fraction of sp³-hybridized carbons (Fsp3) is 0.269. The molecule has 1 amide bonds. The number of hydrogen-bond acceptors (Lipinski definition) is 3. The predicted molar refractivity (Wildman–Crippen MR) is 116 cm³/mol. The van der Waals surface area contributed by atoms with Crippen molar-refractivity contribution in [3.8, 4) is 11.5 Å². The van der Waals surface area contributed by atoms with Crippen LogP contribution in [-0.2, 0) is 13.0 Å². The van der Waals surface area contributed by atoms with Gasteiger partial charge in [-0.15, -0.1) is 0 Å². The van der Waals surface area contributed by atoms with Crippen LogP contribution in [0.4, 0.5) is 0 Å². The van der Waals surface area contributed by atoms with Crippen molar-refractivity contribution in [3.05, 3.63) is 94.5 Å². The van der Waals surface area contributed by atoms with Crippen LogP contribution in [0, 0.1) is 0 Å². The van der Waals surface area contributed by atoms with Gasteiger partial charge in [0.25, 0.3) is 5.91 Å². The summed E-state index contributed by atoms with van der Waals surface area (Å²) in [5.74, 6) is 1.75. The first-order chi connectivity index (χ1) is 14.7. The molecule has 2 atom stereocenters. The maximum Gasteiger partial charge on any atom is 0.254 e. The zero-order valence-electron chi connectivity index (χ0n) is 17.3. The zero-order chi connectivity index (χ0) is 20.7. The van der Waals surface area contributed by atoms with Gasteiger partial charge < -0.3 is 14.4 Å². The number of carbonyl (C=O) groups is 1. The van der Waals surface area contributed by atoms with Crippen molar-refractivity contribution in [1.29, 1.82) is 0 Å². The molecule has 5 rings (SSSR count). The highest BCUT2D eigenvalue weighted by atomic mass is 16.5. The number of amides is 1. The Morgan fingerprint density at radius 1 is 0.900 bits per heavy atom. The van der Waals surface area contributed by atoms with E-state index in [1.54, 1.807) is 14.2 Å². The lowest BCUT2D eigenvalue weighted by atomic mass is 9.71. The molecule has 3 aromatic rings. The van der Waals surface area contributed by atoms with Crippen LogP contribution >= 0.6 is 0 Å². The van der Waals surface area contributed by atoms with Crippen LogP contribution in [-0.4, -0.2) is 31.1 Å². The van der Waals surface area contributed by atoms with E-state index in [4.69, 9.17) is 9.47 Å². The van der Waals surface area contributed by atoms with Crippen LogP contribution in [0.2, 0.25) is 0 Å². The minimum Gasteiger partial charge on any atom is -0.493 e. The van der Waals surface area contributed by atoms with Crippen LogP contribution in [0.5, 0.6) is 11.5 Å². The fourth-order valence-corrected chi connectivity index (χ4v) is 5.07. The Morgan fingerprint density at radius 2 is 1.60 bits per heavy atom. The number of hydrogen-bond donors (Lipinski definition) is 0. The zero-order valence-corrected chi connectivity index (χ0v) is 17.3. The molecule has 0 bridgehead atoms. The molecule has 152 valence electrons. The molecule has 0 saturated heterocycles. The maximum absolute atomic E-state index is 13.5. The molecule has 1 heterocycles. The van der Waals surface area contributed by atoms with Gasteiger partial charge in [0.05, 0.1) is 14.2 Å². The van der Waals surface area contributed by atoms with E-state index in [1.165, 1.54) is 11.1 Å². The van der Waals surface area contributed by atoms with Crippen molar-refractivity contribution >= 4 is 5.91 Å². The Balaban J connectivity index is 1.65. The van der Waals surface area contributed by atoms with E-state index in [0.717, 1.165) is 41.0 Å². The summed E-state index contributed by atoms with van der Waals surface area (Å²) in [7, 11) is 3.34. The quantitative estimate of drug-likeness (QED) is 0.632. The minimum absolute atomic E-state index is 0.123.